The van der Waals surface area contributed by atoms with E-state index in [4.69, 9.17) is 11.6 Å². The minimum atomic E-state index is -0.0102. The summed E-state index contributed by atoms with van der Waals surface area (Å²) >= 11 is 7.90. The fraction of sp³-hybridized carbons (Fsp3) is 0.375. The van der Waals surface area contributed by atoms with E-state index in [-0.39, 0.29) is 11.9 Å². The van der Waals surface area contributed by atoms with Gasteiger partial charge in [0, 0.05) is 24.7 Å². The van der Waals surface area contributed by atoms with Crippen LogP contribution in [0.2, 0.25) is 5.15 Å². The van der Waals surface area contributed by atoms with Crippen LogP contribution < -0.4 is 0 Å². The summed E-state index contributed by atoms with van der Waals surface area (Å²) in [4.78, 5) is 18.6. The van der Waals surface area contributed by atoms with Crippen molar-refractivity contribution in [3.8, 4) is 0 Å². The van der Waals surface area contributed by atoms with Gasteiger partial charge in [0.05, 0.1) is 5.56 Å². The van der Waals surface area contributed by atoms with Gasteiger partial charge in [0.1, 0.15) is 5.15 Å². The lowest BCUT2D eigenvalue weighted by Gasteiger charge is -2.25. The van der Waals surface area contributed by atoms with Gasteiger partial charge in [0.25, 0.3) is 5.91 Å². The fourth-order valence-electron chi connectivity index (χ4n) is 2.20. The summed E-state index contributed by atoms with van der Waals surface area (Å²) in [6, 6.07) is 7.80. The molecule has 21 heavy (non-hydrogen) atoms. The van der Waals surface area contributed by atoms with E-state index in [0.29, 0.717) is 10.7 Å². The predicted octanol–water partition coefficient (Wildman–Crippen LogP) is 4.10. The molecule has 3 nitrogen and oxygen atoms in total. The van der Waals surface area contributed by atoms with E-state index in [2.05, 4.69) is 18.2 Å². The Kier molecular flexibility index (Phi) is 5.48. The third kappa shape index (κ3) is 3.50. The molecule has 0 radical (unpaired) electrons. The van der Waals surface area contributed by atoms with Gasteiger partial charge in [-0.15, -0.1) is 0 Å². The van der Waals surface area contributed by atoms with Crippen LogP contribution in [0.15, 0.2) is 30.5 Å². The number of halogens is 1. The number of pyridine rings is 1. The molecule has 2 aromatic rings. The second-order valence-electron chi connectivity index (χ2n) is 5.05. The Bertz CT molecular complexity index is 647. The average Bonchev–Trinajstić information content (AvgIpc) is 2.52. The zero-order chi connectivity index (χ0) is 15.4. The summed E-state index contributed by atoms with van der Waals surface area (Å²) in [7, 11) is 1.84. The van der Waals surface area contributed by atoms with Crippen LogP contribution in [-0.4, -0.2) is 40.9 Å². The smallest absolute Gasteiger partial charge is 0.256 e. The van der Waals surface area contributed by atoms with Crippen LogP contribution in [0.25, 0.3) is 10.8 Å². The van der Waals surface area contributed by atoms with Crippen molar-refractivity contribution in [3.63, 3.8) is 0 Å². The van der Waals surface area contributed by atoms with E-state index in [1.165, 1.54) is 0 Å². The molecule has 1 atom stereocenters. The maximum Gasteiger partial charge on any atom is 0.256 e. The van der Waals surface area contributed by atoms with E-state index in [0.717, 1.165) is 22.9 Å². The van der Waals surface area contributed by atoms with Crippen molar-refractivity contribution in [2.24, 2.45) is 0 Å². The van der Waals surface area contributed by atoms with Crippen LogP contribution >= 0.6 is 23.4 Å². The zero-order valence-corrected chi connectivity index (χ0v) is 14.0. The van der Waals surface area contributed by atoms with E-state index in [1.54, 1.807) is 22.9 Å². The zero-order valence-electron chi connectivity index (χ0n) is 12.5. The van der Waals surface area contributed by atoms with Gasteiger partial charge in [-0.2, -0.15) is 11.8 Å². The van der Waals surface area contributed by atoms with E-state index < -0.39 is 0 Å². The first-order valence-electron chi connectivity index (χ1n) is 6.85. The summed E-state index contributed by atoms with van der Waals surface area (Å²) in [5.74, 6) is 1.03. The Hall–Kier alpha value is -1.26. The highest BCUT2D eigenvalue weighted by atomic mass is 35.5. The van der Waals surface area contributed by atoms with Crippen LogP contribution in [0, 0.1) is 0 Å². The number of benzene rings is 1. The van der Waals surface area contributed by atoms with E-state index >= 15 is 0 Å². The predicted molar refractivity (Wildman–Crippen MR) is 91.3 cm³/mol. The number of rotatable bonds is 5. The maximum atomic E-state index is 12.7. The van der Waals surface area contributed by atoms with Crippen LogP contribution in [0.4, 0.5) is 0 Å². The maximum absolute atomic E-state index is 12.7. The topological polar surface area (TPSA) is 33.2 Å². The average molecular weight is 323 g/mol. The first-order valence-corrected chi connectivity index (χ1v) is 8.62. The Morgan fingerprint density at radius 1 is 1.38 bits per heavy atom. The first-order chi connectivity index (χ1) is 10.1. The second-order valence-corrected chi connectivity index (χ2v) is 6.40. The van der Waals surface area contributed by atoms with Crippen molar-refractivity contribution in [1.29, 1.82) is 0 Å². The monoisotopic (exact) mass is 322 g/mol. The highest BCUT2D eigenvalue weighted by molar-refractivity contribution is 7.98. The van der Waals surface area contributed by atoms with Crippen molar-refractivity contribution in [2.75, 3.05) is 19.1 Å². The summed E-state index contributed by atoms with van der Waals surface area (Å²) in [5, 5.41) is 2.10. The number of hydrogen-bond donors (Lipinski definition) is 0. The van der Waals surface area contributed by atoms with Gasteiger partial charge >= 0.3 is 0 Å². The van der Waals surface area contributed by atoms with Crippen LogP contribution in [0.3, 0.4) is 0 Å². The molecule has 0 saturated carbocycles. The number of carbonyl (C=O) groups excluding carboxylic acids is 1. The van der Waals surface area contributed by atoms with Crippen LogP contribution in [0.1, 0.15) is 23.7 Å². The molecule has 0 aliphatic heterocycles. The van der Waals surface area contributed by atoms with Crippen molar-refractivity contribution in [2.45, 2.75) is 19.4 Å². The van der Waals surface area contributed by atoms with Gasteiger partial charge in [0.15, 0.2) is 0 Å². The third-order valence-corrected chi connectivity index (χ3v) is 4.64. The first kappa shape index (κ1) is 16.1. The standard InChI is InChI=1S/C16H19ClN2OS/c1-11(8-9-21-3)19(2)16(20)14-10-18-15(17)13-7-5-4-6-12(13)14/h4-7,10-11H,8-9H2,1-3H3. The van der Waals surface area contributed by atoms with Crippen molar-refractivity contribution < 1.29 is 4.79 Å². The molecule has 0 N–H and O–H groups in total. The van der Waals surface area contributed by atoms with Gasteiger partial charge in [-0.1, -0.05) is 35.9 Å². The quantitative estimate of drug-likeness (QED) is 0.777. The second kappa shape index (κ2) is 7.14. The summed E-state index contributed by atoms with van der Waals surface area (Å²) in [5.41, 5.74) is 0.605. The van der Waals surface area contributed by atoms with E-state index in [9.17, 15) is 4.79 Å². The van der Waals surface area contributed by atoms with Gasteiger partial charge < -0.3 is 4.90 Å². The highest BCUT2D eigenvalue weighted by Crippen LogP contribution is 2.25. The normalized spacial score (nSPS) is 12.4. The van der Waals surface area contributed by atoms with Gasteiger partial charge in [-0.05, 0) is 30.7 Å². The third-order valence-electron chi connectivity index (χ3n) is 3.70. The number of hydrogen-bond acceptors (Lipinski definition) is 3. The number of fused-ring (bicyclic) bond motifs is 1. The Morgan fingerprint density at radius 3 is 2.71 bits per heavy atom. The molecule has 0 aliphatic carbocycles. The molecular weight excluding hydrogens is 304 g/mol. The minimum Gasteiger partial charge on any atom is -0.339 e. The number of nitrogens with zero attached hydrogens (tertiary/aromatic N) is 2. The molecule has 0 aliphatic rings. The van der Waals surface area contributed by atoms with Crippen molar-refractivity contribution in [3.05, 3.63) is 41.2 Å². The lowest BCUT2D eigenvalue weighted by atomic mass is 10.1. The molecule has 5 heteroatoms. The van der Waals surface area contributed by atoms with E-state index in [1.807, 2.05) is 31.3 Å². The molecule has 1 unspecified atom stereocenters. The summed E-state index contributed by atoms with van der Waals surface area (Å²) < 4.78 is 0. The Morgan fingerprint density at radius 2 is 2.05 bits per heavy atom. The molecule has 0 fully saturated rings. The molecule has 0 saturated heterocycles. The van der Waals surface area contributed by atoms with Crippen molar-refractivity contribution in [1.82, 2.24) is 9.88 Å². The minimum absolute atomic E-state index is 0.0102. The highest BCUT2D eigenvalue weighted by Gasteiger charge is 2.20. The lowest BCUT2D eigenvalue weighted by molar-refractivity contribution is 0.0743. The van der Waals surface area contributed by atoms with Crippen molar-refractivity contribution >= 4 is 40.0 Å². The molecule has 2 rings (SSSR count). The molecule has 1 amide bonds. The number of amides is 1. The van der Waals surface area contributed by atoms with Gasteiger partial charge in [-0.25, -0.2) is 4.98 Å². The summed E-state index contributed by atoms with van der Waals surface area (Å²) in [6.07, 6.45) is 4.62. The fourth-order valence-corrected chi connectivity index (χ4v) is 2.99. The number of aromatic nitrogens is 1. The molecule has 1 heterocycles. The van der Waals surface area contributed by atoms with Gasteiger partial charge in [-0.3, -0.25) is 4.79 Å². The molecule has 1 aromatic carbocycles. The largest absolute Gasteiger partial charge is 0.339 e. The number of carbonyl (C=O) groups is 1. The molecule has 1 aromatic heterocycles. The Labute approximate surface area is 134 Å². The summed E-state index contributed by atoms with van der Waals surface area (Å²) in [6.45, 7) is 2.07. The SMILES string of the molecule is CSCCC(C)N(C)C(=O)c1cnc(Cl)c2ccccc12. The molecule has 112 valence electrons. The van der Waals surface area contributed by atoms with Gasteiger partial charge in [0.2, 0.25) is 0 Å². The molecular formula is C16H19ClN2OS. The lowest BCUT2D eigenvalue weighted by Crippen LogP contribution is -2.35. The molecule has 0 spiro atoms. The molecule has 0 bridgehead atoms. The number of thioether (sulfide) groups is 1. The Balaban J connectivity index is 2.33. The van der Waals surface area contributed by atoms with Crippen LogP contribution in [-0.2, 0) is 0 Å². The van der Waals surface area contributed by atoms with Crippen LogP contribution in [0.5, 0.6) is 0 Å².